The molecule has 1 aliphatic carbocycles. The van der Waals surface area contributed by atoms with Gasteiger partial charge in [-0.1, -0.05) is 30.3 Å². The number of aliphatic hydroxyl groups excluding tert-OH is 1. The van der Waals surface area contributed by atoms with Gasteiger partial charge in [-0.2, -0.15) is 0 Å². The van der Waals surface area contributed by atoms with Crippen molar-refractivity contribution in [2.45, 2.75) is 43.8 Å². The van der Waals surface area contributed by atoms with E-state index in [9.17, 15) is 5.11 Å². The first kappa shape index (κ1) is 12.9. The highest BCUT2D eigenvalue weighted by atomic mass is 35.5. The lowest BCUT2D eigenvalue weighted by atomic mass is 10.1. The molecule has 2 fully saturated rings. The average molecular weight is 254 g/mol. The highest BCUT2D eigenvalue weighted by molar-refractivity contribution is 5.85. The topological polar surface area (TPSA) is 23.5 Å². The van der Waals surface area contributed by atoms with E-state index in [-0.39, 0.29) is 12.4 Å². The van der Waals surface area contributed by atoms with E-state index in [1.165, 1.54) is 31.2 Å². The van der Waals surface area contributed by atoms with Crippen LogP contribution in [0.25, 0.3) is 0 Å². The van der Waals surface area contributed by atoms with Crippen LogP contribution >= 0.6 is 12.4 Å². The second-order valence-electron chi connectivity index (χ2n) is 5.21. The molecular formula is C14H20ClNO. The Morgan fingerprint density at radius 1 is 1.18 bits per heavy atom. The van der Waals surface area contributed by atoms with Crippen LogP contribution in [0.5, 0.6) is 0 Å². The third-order valence-electron chi connectivity index (χ3n) is 4.23. The van der Waals surface area contributed by atoms with Crippen LogP contribution < -0.4 is 0 Å². The number of hydrogen-bond acceptors (Lipinski definition) is 2. The van der Waals surface area contributed by atoms with Gasteiger partial charge in [0, 0.05) is 18.1 Å². The Hall–Kier alpha value is -0.570. The molecule has 0 amide bonds. The SMILES string of the molecule is Cl.OCC1CCC2(CC2)N1Cc1ccccc1. The molecule has 0 aromatic heterocycles. The number of rotatable bonds is 3. The number of nitrogens with zero attached hydrogens (tertiary/aromatic N) is 1. The molecule has 1 saturated heterocycles. The maximum Gasteiger partial charge on any atom is 0.0587 e. The summed E-state index contributed by atoms with van der Waals surface area (Å²) >= 11 is 0. The zero-order valence-corrected chi connectivity index (χ0v) is 10.8. The Kier molecular flexibility index (Phi) is 3.76. The van der Waals surface area contributed by atoms with Crippen LogP contribution in [-0.4, -0.2) is 28.2 Å². The second-order valence-corrected chi connectivity index (χ2v) is 5.21. The monoisotopic (exact) mass is 253 g/mol. The molecule has 1 aromatic carbocycles. The molecule has 94 valence electrons. The minimum Gasteiger partial charge on any atom is -0.395 e. The predicted molar refractivity (Wildman–Crippen MR) is 71.3 cm³/mol. The molecule has 1 aromatic rings. The predicted octanol–water partition coefficient (Wildman–Crippen LogP) is 2.60. The van der Waals surface area contributed by atoms with Crippen LogP contribution in [0.3, 0.4) is 0 Å². The lowest BCUT2D eigenvalue weighted by molar-refractivity contribution is 0.112. The Balaban J connectivity index is 0.00000108. The van der Waals surface area contributed by atoms with Gasteiger partial charge in [0.1, 0.15) is 0 Å². The summed E-state index contributed by atoms with van der Waals surface area (Å²) in [5.74, 6) is 0. The van der Waals surface area contributed by atoms with Gasteiger partial charge in [0.25, 0.3) is 0 Å². The lowest BCUT2D eigenvalue weighted by Gasteiger charge is -2.29. The summed E-state index contributed by atoms with van der Waals surface area (Å²) in [6.07, 6.45) is 5.11. The van der Waals surface area contributed by atoms with E-state index in [4.69, 9.17) is 0 Å². The molecule has 1 unspecified atom stereocenters. The summed E-state index contributed by atoms with van der Waals surface area (Å²) < 4.78 is 0. The highest BCUT2D eigenvalue weighted by Gasteiger charge is 2.53. The van der Waals surface area contributed by atoms with Gasteiger partial charge < -0.3 is 5.11 Å². The lowest BCUT2D eigenvalue weighted by Crippen LogP contribution is -2.38. The first-order valence-electron chi connectivity index (χ1n) is 6.26. The Labute approximate surface area is 109 Å². The zero-order chi connectivity index (χ0) is 11.0. The van der Waals surface area contributed by atoms with Gasteiger partial charge in [-0.05, 0) is 31.2 Å². The molecule has 0 radical (unpaired) electrons. The fourth-order valence-electron chi connectivity index (χ4n) is 3.07. The summed E-state index contributed by atoms with van der Waals surface area (Å²) in [5, 5.41) is 9.43. The van der Waals surface area contributed by atoms with E-state index in [1.807, 2.05) is 0 Å². The van der Waals surface area contributed by atoms with Crippen molar-refractivity contribution < 1.29 is 5.11 Å². The summed E-state index contributed by atoms with van der Waals surface area (Å²) in [6.45, 7) is 1.32. The zero-order valence-electron chi connectivity index (χ0n) is 10.0. The second kappa shape index (κ2) is 4.97. The van der Waals surface area contributed by atoms with Crippen molar-refractivity contribution in [2.75, 3.05) is 6.61 Å². The third-order valence-corrected chi connectivity index (χ3v) is 4.23. The van der Waals surface area contributed by atoms with E-state index >= 15 is 0 Å². The fraction of sp³-hybridized carbons (Fsp3) is 0.571. The van der Waals surface area contributed by atoms with Crippen molar-refractivity contribution in [3.63, 3.8) is 0 Å². The van der Waals surface area contributed by atoms with Gasteiger partial charge in [0.05, 0.1) is 6.61 Å². The van der Waals surface area contributed by atoms with E-state index < -0.39 is 0 Å². The molecule has 2 aliphatic rings. The fourth-order valence-corrected chi connectivity index (χ4v) is 3.07. The highest BCUT2D eigenvalue weighted by Crippen LogP contribution is 2.52. The van der Waals surface area contributed by atoms with E-state index in [1.54, 1.807) is 0 Å². The first-order valence-corrected chi connectivity index (χ1v) is 6.26. The van der Waals surface area contributed by atoms with Crippen molar-refractivity contribution in [1.82, 2.24) is 4.90 Å². The van der Waals surface area contributed by atoms with Gasteiger partial charge >= 0.3 is 0 Å². The van der Waals surface area contributed by atoms with E-state index in [0.717, 1.165) is 6.54 Å². The number of benzene rings is 1. The number of likely N-dealkylation sites (tertiary alicyclic amines) is 1. The van der Waals surface area contributed by atoms with E-state index in [0.29, 0.717) is 18.2 Å². The number of aliphatic hydroxyl groups is 1. The summed E-state index contributed by atoms with van der Waals surface area (Å²) in [6, 6.07) is 11.0. The van der Waals surface area contributed by atoms with Crippen LogP contribution in [0, 0.1) is 0 Å². The third kappa shape index (κ3) is 2.35. The Morgan fingerprint density at radius 2 is 1.88 bits per heavy atom. The van der Waals surface area contributed by atoms with Crippen LogP contribution in [0.1, 0.15) is 31.2 Å². The van der Waals surface area contributed by atoms with E-state index in [2.05, 4.69) is 35.2 Å². The van der Waals surface area contributed by atoms with Crippen LogP contribution in [0.2, 0.25) is 0 Å². The molecule has 1 heterocycles. The van der Waals surface area contributed by atoms with Crippen molar-refractivity contribution >= 4 is 12.4 Å². The first-order chi connectivity index (χ1) is 7.84. The molecule has 1 saturated carbocycles. The average Bonchev–Trinajstić information content (AvgIpc) is 3.02. The smallest absolute Gasteiger partial charge is 0.0587 e. The van der Waals surface area contributed by atoms with Gasteiger partial charge in [0.15, 0.2) is 0 Å². The molecule has 3 heteroatoms. The maximum absolute atomic E-state index is 9.43. The molecule has 2 nitrogen and oxygen atoms in total. The molecule has 1 spiro atoms. The largest absolute Gasteiger partial charge is 0.395 e. The van der Waals surface area contributed by atoms with Crippen molar-refractivity contribution in [3.05, 3.63) is 35.9 Å². The molecule has 17 heavy (non-hydrogen) atoms. The molecular weight excluding hydrogens is 234 g/mol. The van der Waals surface area contributed by atoms with Crippen LogP contribution in [-0.2, 0) is 6.54 Å². The summed E-state index contributed by atoms with van der Waals surface area (Å²) in [5.41, 5.74) is 1.83. The number of hydrogen-bond donors (Lipinski definition) is 1. The van der Waals surface area contributed by atoms with Crippen LogP contribution in [0.15, 0.2) is 30.3 Å². The van der Waals surface area contributed by atoms with Gasteiger partial charge in [-0.15, -0.1) is 12.4 Å². The molecule has 3 rings (SSSR count). The molecule has 1 N–H and O–H groups in total. The van der Waals surface area contributed by atoms with Crippen molar-refractivity contribution in [3.8, 4) is 0 Å². The van der Waals surface area contributed by atoms with Gasteiger partial charge in [0.2, 0.25) is 0 Å². The van der Waals surface area contributed by atoms with Gasteiger partial charge in [-0.3, -0.25) is 4.90 Å². The standard InChI is InChI=1S/C14H19NO.ClH/c16-11-13-6-7-14(8-9-14)15(13)10-12-4-2-1-3-5-12;/h1-5,13,16H,6-11H2;1H. The summed E-state index contributed by atoms with van der Waals surface area (Å²) in [7, 11) is 0. The quantitative estimate of drug-likeness (QED) is 0.895. The van der Waals surface area contributed by atoms with Gasteiger partial charge in [-0.25, -0.2) is 0 Å². The van der Waals surface area contributed by atoms with Crippen LogP contribution in [0.4, 0.5) is 0 Å². The summed E-state index contributed by atoms with van der Waals surface area (Å²) in [4.78, 5) is 2.54. The van der Waals surface area contributed by atoms with Crippen molar-refractivity contribution in [1.29, 1.82) is 0 Å². The molecule has 0 bridgehead atoms. The number of halogens is 1. The Bertz CT molecular complexity index is 364. The maximum atomic E-state index is 9.43. The molecule has 1 aliphatic heterocycles. The minimum absolute atomic E-state index is 0. The normalized spacial score (nSPS) is 25.8. The minimum atomic E-state index is 0. The Morgan fingerprint density at radius 3 is 2.47 bits per heavy atom. The van der Waals surface area contributed by atoms with Crippen molar-refractivity contribution in [2.24, 2.45) is 0 Å². The molecule has 1 atom stereocenters.